The minimum Gasteiger partial charge on any atom is -0.390 e. The first-order chi connectivity index (χ1) is 20.1. The number of aliphatic hydroxyl groups excluding tert-OH is 2. The zero-order chi connectivity index (χ0) is 30.1. The monoisotopic (exact) mass is 588 g/mol. The Morgan fingerprint density at radius 2 is 1.69 bits per heavy atom. The Kier molecular flexibility index (Phi) is 12.3. The summed E-state index contributed by atoms with van der Waals surface area (Å²) in [5.41, 5.74) is -0.920. The fourth-order valence-corrected chi connectivity index (χ4v) is 7.16. The number of carbonyl (C=O) groups excluding carboxylic acids is 2. The number of nitrogens with zero attached hydrogens (tertiary/aromatic N) is 2. The Balaban J connectivity index is 1.47. The van der Waals surface area contributed by atoms with Crippen molar-refractivity contribution < 1.29 is 24.9 Å². The van der Waals surface area contributed by atoms with Gasteiger partial charge in [0.05, 0.1) is 24.3 Å². The molecule has 0 bridgehead atoms. The second-order valence-electron chi connectivity index (χ2n) is 14.2. The van der Waals surface area contributed by atoms with Crippen LogP contribution in [0.5, 0.6) is 0 Å². The number of amides is 2. The summed E-state index contributed by atoms with van der Waals surface area (Å²) in [6.45, 7) is 4.52. The maximum atomic E-state index is 13.9. The maximum Gasteiger partial charge on any atom is 0.223 e. The molecule has 0 saturated heterocycles. The Morgan fingerprint density at radius 3 is 2.31 bits per heavy atom. The first-order valence-electron chi connectivity index (χ1n) is 16.8. The van der Waals surface area contributed by atoms with Gasteiger partial charge >= 0.3 is 0 Å². The van der Waals surface area contributed by atoms with Crippen molar-refractivity contribution in [2.75, 3.05) is 6.54 Å². The van der Waals surface area contributed by atoms with Gasteiger partial charge in [0.25, 0.3) is 0 Å². The first-order valence-corrected chi connectivity index (χ1v) is 16.8. The van der Waals surface area contributed by atoms with Crippen LogP contribution in [0, 0.1) is 23.7 Å². The van der Waals surface area contributed by atoms with Gasteiger partial charge in [-0.1, -0.05) is 78.1 Å². The molecule has 0 aliphatic heterocycles. The van der Waals surface area contributed by atoms with E-state index in [4.69, 9.17) is 0 Å². The number of aromatic nitrogens is 2. The van der Waals surface area contributed by atoms with Crippen LogP contribution in [-0.2, 0) is 16.1 Å². The number of H-pyrrole nitrogens is 1. The summed E-state index contributed by atoms with van der Waals surface area (Å²) >= 11 is 0. The number of hydrogen-bond acceptors (Lipinski definition) is 6. The topological polar surface area (TPSA) is 139 Å². The molecule has 3 fully saturated rings. The molecule has 0 radical (unpaired) electrons. The van der Waals surface area contributed by atoms with Crippen molar-refractivity contribution in [1.82, 2.24) is 20.2 Å². The SMILES string of the molecule is CC(C)C[C@H](O)[C@H](O)[C@H](CC1CCCCC1)NC(=O)[C@@H](CC(=O)N(Cc1ncc[nH]1)CC1(O)CCCCC1)CC1CC1. The molecule has 9 heteroatoms. The van der Waals surface area contributed by atoms with Crippen LogP contribution in [0.3, 0.4) is 0 Å². The molecule has 42 heavy (non-hydrogen) atoms. The summed E-state index contributed by atoms with van der Waals surface area (Å²) in [7, 11) is 0. The zero-order valence-electron chi connectivity index (χ0n) is 26.0. The van der Waals surface area contributed by atoms with E-state index in [2.05, 4.69) is 15.3 Å². The number of aromatic amines is 1. The molecule has 1 aromatic rings. The summed E-state index contributed by atoms with van der Waals surface area (Å²) in [5.74, 6) is 0.835. The lowest BCUT2D eigenvalue weighted by Gasteiger charge is -2.37. The van der Waals surface area contributed by atoms with Crippen molar-refractivity contribution in [3.63, 3.8) is 0 Å². The summed E-state index contributed by atoms with van der Waals surface area (Å²) < 4.78 is 0. The van der Waals surface area contributed by atoms with E-state index in [0.29, 0.717) is 49.8 Å². The van der Waals surface area contributed by atoms with Gasteiger partial charge in [-0.05, 0) is 49.9 Å². The molecule has 9 nitrogen and oxygen atoms in total. The molecule has 0 aromatic carbocycles. The second kappa shape index (κ2) is 15.7. The highest BCUT2D eigenvalue weighted by atomic mass is 16.3. The number of rotatable bonds is 16. The van der Waals surface area contributed by atoms with Crippen LogP contribution >= 0.6 is 0 Å². The van der Waals surface area contributed by atoms with Gasteiger partial charge in [-0.3, -0.25) is 9.59 Å². The average molecular weight is 589 g/mol. The van der Waals surface area contributed by atoms with E-state index in [9.17, 15) is 24.9 Å². The number of hydrogen-bond donors (Lipinski definition) is 5. The quantitative estimate of drug-likeness (QED) is 0.193. The molecular weight excluding hydrogens is 532 g/mol. The van der Waals surface area contributed by atoms with Crippen molar-refractivity contribution in [2.45, 2.75) is 147 Å². The van der Waals surface area contributed by atoms with Gasteiger partial charge in [0.15, 0.2) is 0 Å². The summed E-state index contributed by atoms with van der Waals surface area (Å²) in [6.07, 6.45) is 15.4. The van der Waals surface area contributed by atoms with E-state index >= 15 is 0 Å². The minimum absolute atomic E-state index is 0.0555. The molecule has 2 amide bonds. The molecule has 4 rings (SSSR count). The minimum atomic E-state index is -1.05. The number of imidazole rings is 1. The van der Waals surface area contributed by atoms with Crippen molar-refractivity contribution in [1.29, 1.82) is 0 Å². The van der Waals surface area contributed by atoms with Gasteiger partial charge in [-0.2, -0.15) is 0 Å². The molecule has 3 aliphatic carbocycles. The van der Waals surface area contributed by atoms with Gasteiger partial charge in [0.1, 0.15) is 11.9 Å². The van der Waals surface area contributed by atoms with Gasteiger partial charge in [0.2, 0.25) is 11.8 Å². The third kappa shape index (κ3) is 10.3. The van der Waals surface area contributed by atoms with E-state index in [1.54, 1.807) is 17.3 Å². The lowest BCUT2D eigenvalue weighted by molar-refractivity contribution is -0.141. The molecule has 1 aromatic heterocycles. The molecule has 3 aliphatic rings. The summed E-state index contributed by atoms with van der Waals surface area (Å²) in [4.78, 5) is 36.8. The van der Waals surface area contributed by atoms with E-state index in [-0.39, 0.29) is 37.2 Å². The number of aliphatic hydroxyl groups is 3. The normalized spacial score (nSPS) is 22.3. The van der Waals surface area contributed by atoms with Gasteiger partial charge < -0.3 is 30.5 Å². The van der Waals surface area contributed by atoms with Crippen LogP contribution in [-0.4, -0.2) is 72.4 Å². The van der Waals surface area contributed by atoms with E-state index < -0.39 is 29.8 Å². The van der Waals surface area contributed by atoms with Crippen LogP contribution in [0.1, 0.15) is 122 Å². The Hall–Kier alpha value is -1.97. The van der Waals surface area contributed by atoms with E-state index in [1.807, 2.05) is 13.8 Å². The molecule has 3 saturated carbocycles. The molecule has 0 spiro atoms. The largest absolute Gasteiger partial charge is 0.390 e. The van der Waals surface area contributed by atoms with E-state index in [1.165, 1.54) is 6.42 Å². The number of nitrogens with one attached hydrogen (secondary N) is 2. The molecule has 5 N–H and O–H groups in total. The molecule has 238 valence electrons. The van der Waals surface area contributed by atoms with Crippen molar-refractivity contribution in [3.05, 3.63) is 18.2 Å². The highest BCUT2D eigenvalue weighted by Gasteiger charge is 2.38. The maximum absolute atomic E-state index is 13.9. The Morgan fingerprint density at radius 1 is 1.02 bits per heavy atom. The average Bonchev–Trinajstić information content (AvgIpc) is 3.63. The molecule has 4 atom stereocenters. The molecular formula is C33H56N4O5. The predicted molar refractivity (Wildman–Crippen MR) is 162 cm³/mol. The highest BCUT2D eigenvalue weighted by molar-refractivity contribution is 5.86. The van der Waals surface area contributed by atoms with Gasteiger partial charge in [-0.15, -0.1) is 0 Å². The third-order valence-electron chi connectivity index (χ3n) is 9.78. The Bertz CT molecular complexity index is 954. The lowest BCUT2D eigenvalue weighted by atomic mass is 9.82. The van der Waals surface area contributed by atoms with Gasteiger partial charge in [0, 0.05) is 31.3 Å². The van der Waals surface area contributed by atoms with Crippen LogP contribution in [0.25, 0.3) is 0 Å². The van der Waals surface area contributed by atoms with Crippen LogP contribution in [0.15, 0.2) is 12.4 Å². The fraction of sp³-hybridized carbons (Fsp3) is 0.848. The zero-order valence-corrected chi connectivity index (χ0v) is 26.0. The third-order valence-corrected chi connectivity index (χ3v) is 9.78. The smallest absolute Gasteiger partial charge is 0.223 e. The Labute approximate surface area is 252 Å². The number of carbonyl (C=O) groups is 2. The second-order valence-corrected chi connectivity index (χ2v) is 14.2. The molecule has 0 unspecified atom stereocenters. The van der Waals surface area contributed by atoms with Crippen molar-refractivity contribution >= 4 is 11.8 Å². The first kappa shape index (κ1) is 32.9. The summed E-state index contributed by atoms with van der Waals surface area (Å²) in [5, 5.41) is 36.5. The fourth-order valence-electron chi connectivity index (χ4n) is 7.16. The summed E-state index contributed by atoms with van der Waals surface area (Å²) in [6, 6.07) is -0.548. The predicted octanol–water partition coefficient (Wildman–Crippen LogP) is 4.46. The lowest BCUT2D eigenvalue weighted by Crippen LogP contribution is -2.52. The van der Waals surface area contributed by atoms with Crippen LogP contribution < -0.4 is 5.32 Å². The molecule has 1 heterocycles. The van der Waals surface area contributed by atoms with Crippen molar-refractivity contribution in [2.24, 2.45) is 23.7 Å². The van der Waals surface area contributed by atoms with Crippen LogP contribution in [0.4, 0.5) is 0 Å². The van der Waals surface area contributed by atoms with E-state index in [0.717, 1.165) is 57.8 Å². The van der Waals surface area contributed by atoms with Gasteiger partial charge in [-0.25, -0.2) is 4.98 Å². The highest BCUT2D eigenvalue weighted by Crippen LogP contribution is 2.37. The van der Waals surface area contributed by atoms with Crippen LogP contribution in [0.2, 0.25) is 0 Å². The standard InChI is InChI=1S/C33H56N4O5/c1-23(2)17-28(38)31(40)27(19-24-9-5-3-6-10-24)36-32(41)26(18-25-11-12-25)20-30(39)37(21-29-34-15-16-35-29)22-33(42)13-7-4-8-14-33/h15-16,23-28,31,38,40,42H,3-14,17-22H2,1-2H3,(H,34,35)(H,36,41)/t26-,27+,28+,31-/m1/s1. The van der Waals surface area contributed by atoms with Crippen molar-refractivity contribution in [3.8, 4) is 0 Å².